The second kappa shape index (κ2) is 7.75. The van der Waals surface area contributed by atoms with Crippen LogP contribution < -0.4 is 21.1 Å². The first-order valence-electron chi connectivity index (χ1n) is 9.09. The maximum Gasteiger partial charge on any atom is 0.328 e. The zero-order valence-corrected chi connectivity index (χ0v) is 16.7. The lowest BCUT2D eigenvalue weighted by Gasteiger charge is -2.18. The number of pyridine rings is 1. The number of aryl methyl sites for hydroxylation is 3. The van der Waals surface area contributed by atoms with E-state index in [2.05, 4.69) is 15.6 Å². The number of aromatic nitrogens is 3. The number of fused-ring (bicyclic) bond motifs is 1. The number of methoxy groups -OCH3 is 1. The standard InChI is InChI=1S/C20H25N5O3/c1-6-13(14-9-12(2)7-8-21-14)22-19(26)23-15-10-16-17(11-18(15)28-5)25(4)20(27)24(16)3/h7-11,13H,6H2,1-5H3,(H2,22,23,26). The van der Waals surface area contributed by atoms with Crippen molar-refractivity contribution in [1.29, 1.82) is 0 Å². The molecule has 2 amide bonds. The molecule has 2 heterocycles. The third-order valence-corrected chi connectivity index (χ3v) is 4.85. The monoisotopic (exact) mass is 383 g/mol. The Morgan fingerprint density at radius 1 is 1.21 bits per heavy atom. The van der Waals surface area contributed by atoms with Crippen molar-refractivity contribution in [2.45, 2.75) is 26.3 Å². The molecular formula is C20H25N5O3. The maximum absolute atomic E-state index is 12.6. The number of hydrogen-bond donors (Lipinski definition) is 2. The van der Waals surface area contributed by atoms with Gasteiger partial charge >= 0.3 is 11.7 Å². The van der Waals surface area contributed by atoms with Crippen molar-refractivity contribution in [1.82, 2.24) is 19.4 Å². The molecule has 0 aliphatic carbocycles. The fraction of sp³-hybridized carbons (Fsp3) is 0.350. The molecule has 3 aromatic rings. The number of nitrogens with one attached hydrogen (secondary N) is 2. The molecule has 0 fully saturated rings. The average molecular weight is 383 g/mol. The largest absolute Gasteiger partial charge is 0.494 e. The number of urea groups is 1. The first kappa shape index (κ1) is 19.5. The summed E-state index contributed by atoms with van der Waals surface area (Å²) in [6.07, 6.45) is 2.44. The lowest BCUT2D eigenvalue weighted by atomic mass is 10.1. The molecule has 28 heavy (non-hydrogen) atoms. The Hall–Kier alpha value is -3.29. The third kappa shape index (κ3) is 3.58. The molecule has 0 aliphatic heterocycles. The van der Waals surface area contributed by atoms with E-state index in [1.807, 2.05) is 26.0 Å². The van der Waals surface area contributed by atoms with Gasteiger partial charge in [-0.25, -0.2) is 9.59 Å². The van der Waals surface area contributed by atoms with Gasteiger partial charge in [-0.2, -0.15) is 0 Å². The van der Waals surface area contributed by atoms with Gasteiger partial charge in [0.05, 0.1) is 35.6 Å². The minimum Gasteiger partial charge on any atom is -0.494 e. The molecule has 148 valence electrons. The van der Waals surface area contributed by atoms with Gasteiger partial charge < -0.3 is 15.4 Å². The maximum atomic E-state index is 12.6. The summed E-state index contributed by atoms with van der Waals surface area (Å²) in [7, 11) is 4.92. The molecule has 3 rings (SSSR count). The molecule has 1 atom stereocenters. The quantitative estimate of drug-likeness (QED) is 0.709. The number of ether oxygens (including phenoxy) is 1. The lowest BCUT2D eigenvalue weighted by Crippen LogP contribution is -2.32. The number of imidazole rings is 1. The van der Waals surface area contributed by atoms with E-state index < -0.39 is 0 Å². The van der Waals surface area contributed by atoms with Crippen LogP contribution in [0.5, 0.6) is 5.75 Å². The highest BCUT2D eigenvalue weighted by Crippen LogP contribution is 2.29. The summed E-state index contributed by atoms with van der Waals surface area (Å²) in [4.78, 5) is 29.2. The number of anilines is 1. The van der Waals surface area contributed by atoms with Crippen LogP contribution in [0.25, 0.3) is 11.0 Å². The number of nitrogens with zero attached hydrogens (tertiary/aromatic N) is 3. The summed E-state index contributed by atoms with van der Waals surface area (Å²) in [5, 5.41) is 5.78. The highest BCUT2D eigenvalue weighted by Gasteiger charge is 2.17. The Bertz CT molecular complexity index is 1080. The van der Waals surface area contributed by atoms with E-state index in [0.717, 1.165) is 16.8 Å². The number of hydrogen-bond acceptors (Lipinski definition) is 4. The highest BCUT2D eigenvalue weighted by molar-refractivity contribution is 5.95. The molecule has 1 aromatic carbocycles. The van der Waals surface area contributed by atoms with E-state index >= 15 is 0 Å². The van der Waals surface area contributed by atoms with Gasteiger partial charge in [0.1, 0.15) is 5.75 Å². The van der Waals surface area contributed by atoms with Gasteiger partial charge in [0, 0.05) is 26.4 Å². The van der Waals surface area contributed by atoms with E-state index in [1.165, 1.54) is 16.2 Å². The number of carbonyl (C=O) groups is 1. The predicted octanol–water partition coefficient (Wildman–Crippen LogP) is 2.86. The normalized spacial score (nSPS) is 12.0. The molecule has 0 saturated heterocycles. The minimum absolute atomic E-state index is 0.143. The highest BCUT2D eigenvalue weighted by atomic mass is 16.5. The van der Waals surface area contributed by atoms with Crippen LogP contribution in [-0.2, 0) is 14.1 Å². The molecule has 1 unspecified atom stereocenters. The SMILES string of the molecule is CCC(NC(=O)Nc1cc2c(cc1OC)n(C)c(=O)n2C)c1cc(C)ccn1. The van der Waals surface area contributed by atoms with Gasteiger partial charge in [-0.1, -0.05) is 6.92 Å². The Kier molecular flexibility index (Phi) is 5.39. The molecule has 8 nitrogen and oxygen atoms in total. The number of amides is 2. The van der Waals surface area contributed by atoms with Crippen molar-refractivity contribution >= 4 is 22.8 Å². The number of benzene rings is 1. The van der Waals surface area contributed by atoms with Gasteiger partial charge in [0.2, 0.25) is 0 Å². The first-order chi connectivity index (χ1) is 13.3. The first-order valence-corrected chi connectivity index (χ1v) is 9.09. The van der Waals surface area contributed by atoms with Crippen LogP contribution in [0.2, 0.25) is 0 Å². The molecule has 0 bridgehead atoms. The number of carbonyl (C=O) groups excluding carboxylic acids is 1. The molecule has 0 aliphatic rings. The molecule has 2 N–H and O–H groups in total. The van der Waals surface area contributed by atoms with E-state index in [4.69, 9.17) is 4.74 Å². The van der Waals surface area contributed by atoms with Crippen LogP contribution in [0.3, 0.4) is 0 Å². The molecule has 0 saturated carbocycles. The summed E-state index contributed by atoms with van der Waals surface area (Å²) in [5.74, 6) is 0.477. The van der Waals surface area contributed by atoms with E-state index in [0.29, 0.717) is 23.4 Å². The van der Waals surface area contributed by atoms with Crippen molar-refractivity contribution in [3.63, 3.8) is 0 Å². The second-order valence-electron chi connectivity index (χ2n) is 6.76. The molecule has 8 heteroatoms. The van der Waals surface area contributed by atoms with Crippen molar-refractivity contribution in [3.05, 3.63) is 52.2 Å². The zero-order chi connectivity index (χ0) is 20.4. The topological polar surface area (TPSA) is 90.2 Å². The number of rotatable bonds is 5. The lowest BCUT2D eigenvalue weighted by molar-refractivity contribution is 0.248. The molecular weight excluding hydrogens is 358 g/mol. The van der Waals surface area contributed by atoms with Crippen LogP contribution in [0.1, 0.15) is 30.6 Å². The molecule has 0 spiro atoms. The van der Waals surface area contributed by atoms with Crippen molar-refractivity contribution in [3.8, 4) is 5.75 Å². The van der Waals surface area contributed by atoms with Gasteiger partial charge in [0.25, 0.3) is 0 Å². The Labute approximate surface area is 163 Å². The average Bonchev–Trinajstić information content (AvgIpc) is 2.89. The fourth-order valence-corrected chi connectivity index (χ4v) is 3.24. The summed E-state index contributed by atoms with van der Waals surface area (Å²) >= 11 is 0. The fourth-order valence-electron chi connectivity index (χ4n) is 3.24. The van der Waals surface area contributed by atoms with Crippen molar-refractivity contribution < 1.29 is 9.53 Å². The van der Waals surface area contributed by atoms with Crippen molar-refractivity contribution in [2.75, 3.05) is 12.4 Å². The van der Waals surface area contributed by atoms with Crippen LogP contribution in [0, 0.1) is 6.92 Å². The zero-order valence-electron chi connectivity index (χ0n) is 16.7. The Morgan fingerprint density at radius 2 is 1.89 bits per heavy atom. The Morgan fingerprint density at radius 3 is 2.50 bits per heavy atom. The smallest absolute Gasteiger partial charge is 0.328 e. The summed E-state index contributed by atoms with van der Waals surface area (Å²) in [5.41, 5.74) is 3.67. The summed E-state index contributed by atoms with van der Waals surface area (Å²) in [6.45, 7) is 3.98. The van der Waals surface area contributed by atoms with Crippen molar-refractivity contribution in [2.24, 2.45) is 14.1 Å². The summed E-state index contributed by atoms with van der Waals surface area (Å²) in [6, 6.07) is 6.78. The minimum atomic E-state index is -0.367. The Balaban J connectivity index is 1.87. The van der Waals surface area contributed by atoms with Gasteiger partial charge in [-0.05, 0) is 37.1 Å². The van der Waals surface area contributed by atoms with E-state index in [9.17, 15) is 9.59 Å². The molecule has 0 radical (unpaired) electrons. The van der Waals surface area contributed by atoms with Gasteiger partial charge in [-0.3, -0.25) is 14.1 Å². The van der Waals surface area contributed by atoms with Crippen LogP contribution in [0.15, 0.2) is 35.3 Å². The second-order valence-corrected chi connectivity index (χ2v) is 6.76. The summed E-state index contributed by atoms with van der Waals surface area (Å²) < 4.78 is 8.48. The predicted molar refractivity (Wildman–Crippen MR) is 109 cm³/mol. The van der Waals surface area contributed by atoms with Gasteiger partial charge in [0.15, 0.2) is 0 Å². The van der Waals surface area contributed by atoms with Crippen LogP contribution >= 0.6 is 0 Å². The van der Waals surface area contributed by atoms with Gasteiger partial charge in [-0.15, -0.1) is 0 Å². The van der Waals surface area contributed by atoms with Crippen LogP contribution in [-0.4, -0.2) is 27.3 Å². The molecule has 2 aromatic heterocycles. The van der Waals surface area contributed by atoms with E-state index in [1.54, 1.807) is 32.4 Å². The van der Waals surface area contributed by atoms with E-state index in [-0.39, 0.29) is 17.8 Å². The third-order valence-electron chi connectivity index (χ3n) is 4.85. The van der Waals surface area contributed by atoms with Crippen LogP contribution in [0.4, 0.5) is 10.5 Å².